The Morgan fingerprint density at radius 2 is 2.00 bits per heavy atom. The van der Waals surface area contributed by atoms with Crippen molar-refractivity contribution in [2.75, 3.05) is 13.1 Å². The second-order valence-corrected chi connectivity index (χ2v) is 9.12. The molecule has 0 spiro atoms. The van der Waals surface area contributed by atoms with Crippen LogP contribution in [-0.4, -0.2) is 39.9 Å². The number of amides is 3. The van der Waals surface area contributed by atoms with Crippen LogP contribution in [0.15, 0.2) is 45.1 Å². The summed E-state index contributed by atoms with van der Waals surface area (Å²) in [5.74, 6) is -0.604. The molecule has 0 aliphatic carbocycles. The molecule has 0 bridgehead atoms. The highest BCUT2D eigenvalue weighted by molar-refractivity contribution is 9.10. The molecule has 2 aromatic rings. The molecule has 27 heavy (non-hydrogen) atoms. The van der Waals surface area contributed by atoms with Crippen LogP contribution in [-0.2, 0) is 22.6 Å². The maximum absolute atomic E-state index is 12.7. The third-order valence-corrected chi connectivity index (χ3v) is 7.06. The number of rotatable bonds is 3. The zero-order valence-corrected chi connectivity index (χ0v) is 17.4. The van der Waals surface area contributed by atoms with E-state index in [0.29, 0.717) is 18.0 Å². The topological polar surface area (TPSA) is 57.7 Å². The summed E-state index contributed by atoms with van der Waals surface area (Å²) < 4.78 is 0.929. The summed E-state index contributed by atoms with van der Waals surface area (Å²) >= 11 is 5.73. The number of carbonyl (C=O) groups excluding carboxylic acids is 3. The summed E-state index contributed by atoms with van der Waals surface area (Å²) in [5, 5.41) is 1.51. The van der Waals surface area contributed by atoms with Crippen molar-refractivity contribution >= 4 is 62.2 Å². The van der Waals surface area contributed by atoms with Gasteiger partial charge >= 0.3 is 0 Å². The Hall–Kier alpha value is -1.90. The fraction of sp³-hybridized carbons (Fsp3) is 0.211. The van der Waals surface area contributed by atoms with Crippen molar-refractivity contribution in [3.63, 3.8) is 0 Å². The maximum atomic E-state index is 12.7. The van der Waals surface area contributed by atoms with Crippen molar-refractivity contribution in [2.45, 2.75) is 13.0 Å². The van der Waals surface area contributed by atoms with Gasteiger partial charge in [-0.05, 0) is 57.4 Å². The quantitative estimate of drug-likeness (QED) is 0.643. The zero-order valence-electron chi connectivity index (χ0n) is 14.2. The Morgan fingerprint density at radius 3 is 2.74 bits per heavy atom. The number of benzene rings is 1. The summed E-state index contributed by atoms with van der Waals surface area (Å²) in [6.07, 6.45) is 2.49. The van der Waals surface area contributed by atoms with Crippen molar-refractivity contribution in [1.29, 1.82) is 0 Å². The predicted octanol–water partition coefficient (Wildman–Crippen LogP) is 4.13. The largest absolute Gasteiger partial charge is 0.336 e. The van der Waals surface area contributed by atoms with E-state index >= 15 is 0 Å². The SMILES string of the molecule is O=C(CN1C(=O)S/C(=C\c2cc(Br)cs2)C1=O)N1CCc2ccccc2C1. The fourth-order valence-corrected chi connectivity index (χ4v) is 5.39. The van der Waals surface area contributed by atoms with E-state index in [-0.39, 0.29) is 12.5 Å². The first-order valence-electron chi connectivity index (χ1n) is 8.35. The minimum Gasteiger partial charge on any atom is -0.336 e. The van der Waals surface area contributed by atoms with Gasteiger partial charge in [0.15, 0.2) is 0 Å². The van der Waals surface area contributed by atoms with Gasteiger partial charge in [0.25, 0.3) is 11.1 Å². The number of hydrogen-bond donors (Lipinski definition) is 0. The minimum atomic E-state index is -0.403. The van der Waals surface area contributed by atoms with E-state index in [1.807, 2.05) is 29.6 Å². The second-order valence-electron chi connectivity index (χ2n) is 6.27. The molecule has 138 valence electrons. The lowest BCUT2D eigenvalue weighted by Gasteiger charge is -2.29. The molecular weight excluding hydrogens is 448 g/mol. The van der Waals surface area contributed by atoms with E-state index in [1.54, 1.807) is 11.0 Å². The Kier molecular flexibility index (Phi) is 5.21. The highest BCUT2D eigenvalue weighted by Gasteiger charge is 2.37. The van der Waals surface area contributed by atoms with Crippen LogP contribution in [0.1, 0.15) is 16.0 Å². The number of thiophene rings is 1. The highest BCUT2D eigenvalue weighted by Crippen LogP contribution is 2.34. The smallest absolute Gasteiger partial charge is 0.294 e. The summed E-state index contributed by atoms with van der Waals surface area (Å²) in [6.45, 7) is 0.910. The van der Waals surface area contributed by atoms with Crippen LogP contribution in [0, 0.1) is 0 Å². The van der Waals surface area contributed by atoms with Crippen LogP contribution in [0.5, 0.6) is 0 Å². The Balaban J connectivity index is 1.45. The van der Waals surface area contributed by atoms with Crippen LogP contribution in [0.3, 0.4) is 0 Å². The van der Waals surface area contributed by atoms with Gasteiger partial charge in [-0.1, -0.05) is 24.3 Å². The van der Waals surface area contributed by atoms with Gasteiger partial charge in [-0.25, -0.2) is 0 Å². The molecule has 0 unspecified atom stereocenters. The van der Waals surface area contributed by atoms with E-state index in [9.17, 15) is 14.4 Å². The number of imide groups is 1. The molecule has 0 saturated carbocycles. The molecule has 1 saturated heterocycles. The molecular formula is C19H15BrN2O3S2. The number of thioether (sulfide) groups is 1. The molecule has 1 aromatic carbocycles. The molecule has 1 aromatic heterocycles. The normalized spacial score (nSPS) is 18.3. The summed E-state index contributed by atoms with van der Waals surface area (Å²) in [6, 6.07) is 9.92. The van der Waals surface area contributed by atoms with Crippen molar-refractivity contribution < 1.29 is 14.4 Å². The second kappa shape index (κ2) is 7.61. The van der Waals surface area contributed by atoms with Gasteiger partial charge in [0.05, 0.1) is 4.91 Å². The van der Waals surface area contributed by atoms with Gasteiger partial charge in [0.1, 0.15) is 6.54 Å². The third-order valence-electron chi connectivity index (χ3n) is 4.51. The summed E-state index contributed by atoms with van der Waals surface area (Å²) in [7, 11) is 0. The van der Waals surface area contributed by atoms with Gasteiger partial charge in [-0.3, -0.25) is 19.3 Å². The zero-order chi connectivity index (χ0) is 19.0. The number of hydrogen-bond acceptors (Lipinski definition) is 5. The Morgan fingerprint density at radius 1 is 1.22 bits per heavy atom. The lowest BCUT2D eigenvalue weighted by molar-refractivity contribution is -0.136. The predicted molar refractivity (Wildman–Crippen MR) is 110 cm³/mol. The molecule has 3 amide bonds. The summed E-state index contributed by atoms with van der Waals surface area (Å²) in [4.78, 5) is 41.5. The van der Waals surface area contributed by atoms with Gasteiger partial charge in [-0.2, -0.15) is 0 Å². The molecule has 0 radical (unpaired) electrons. The molecule has 2 aliphatic heterocycles. The van der Waals surface area contributed by atoms with E-state index in [0.717, 1.165) is 38.0 Å². The van der Waals surface area contributed by atoms with Crippen LogP contribution in [0.25, 0.3) is 6.08 Å². The number of nitrogens with zero attached hydrogens (tertiary/aromatic N) is 2. The van der Waals surface area contributed by atoms with E-state index in [1.165, 1.54) is 16.9 Å². The summed E-state index contributed by atoms with van der Waals surface area (Å²) in [5.41, 5.74) is 2.37. The van der Waals surface area contributed by atoms with Crippen LogP contribution in [0.4, 0.5) is 4.79 Å². The third kappa shape index (κ3) is 3.88. The van der Waals surface area contributed by atoms with Crippen molar-refractivity contribution in [2.24, 2.45) is 0 Å². The lowest BCUT2D eigenvalue weighted by atomic mass is 10.00. The molecule has 8 heteroatoms. The standard InChI is InChI=1S/C19H15BrN2O3S2/c20-14-7-15(26-11-14)8-16-18(24)22(19(25)27-16)10-17(23)21-6-5-12-3-1-2-4-13(12)9-21/h1-4,7-8,11H,5-6,9-10H2/b16-8-. The molecule has 4 rings (SSSR count). The van der Waals surface area contributed by atoms with Gasteiger partial charge in [0.2, 0.25) is 5.91 Å². The average molecular weight is 463 g/mol. The van der Waals surface area contributed by atoms with Crippen LogP contribution < -0.4 is 0 Å². The molecule has 2 aliphatic rings. The number of halogens is 1. The molecule has 3 heterocycles. The minimum absolute atomic E-state index is 0.202. The number of carbonyl (C=O) groups is 3. The van der Waals surface area contributed by atoms with Gasteiger partial charge in [0, 0.05) is 27.8 Å². The van der Waals surface area contributed by atoms with E-state index < -0.39 is 11.1 Å². The van der Waals surface area contributed by atoms with Crippen molar-refractivity contribution in [3.8, 4) is 0 Å². The highest BCUT2D eigenvalue weighted by atomic mass is 79.9. The van der Waals surface area contributed by atoms with Gasteiger partial charge < -0.3 is 4.90 Å². The van der Waals surface area contributed by atoms with Crippen molar-refractivity contribution in [1.82, 2.24) is 9.80 Å². The first-order valence-corrected chi connectivity index (χ1v) is 10.8. The maximum Gasteiger partial charge on any atom is 0.294 e. The molecule has 0 N–H and O–H groups in total. The Labute approximate surface area is 173 Å². The lowest BCUT2D eigenvalue weighted by Crippen LogP contribution is -2.44. The molecule has 0 atom stereocenters. The monoisotopic (exact) mass is 462 g/mol. The molecule has 1 fully saturated rings. The van der Waals surface area contributed by atoms with E-state index in [4.69, 9.17) is 0 Å². The van der Waals surface area contributed by atoms with Crippen molar-refractivity contribution in [3.05, 3.63) is 61.1 Å². The van der Waals surface area contributed by atoms with Crippen LogP contribution >= 0.6 is 39.0 Å². The average Bonchev–Trinajstić information content (AvgIpc) is 3.19. The first-order chi connectivity index (χ1) is 13.0. The number of fused-ring (bicyclic) bond motifs is 1. The van der Waals surface area contributed by atoms with Crippen LogP contribution in [0.2, 0.25) is 0 Å². The Bertz CT molecular complexity index is 969. The van der Waals surface area contributed by atoms with Gasteiger partial charge in [-0.15, -0.1) is 11.3 Å². The van der Waals surface area contributed by atoms with E-state index in [2.05, 4.69) is 22.0 Å². The fourth-order valence-electron chi connectivity index (χ4n) is 3.11. The first kappa shape index (κ1) is 18.5. The molecule has 5 nitrogen and oxygen atoms in total.